The number of aromatic carboxylic acids is 1. The molecule has 7 nitrogen and oxygen atoms in total. The highest BCUT2D eigenvalue weighted by molar-refractivity contribution is 7.88. The second kappa shape index (κ2) is 7.94. The van der Waals surface area contributed by atoms with E-state index in [2.05, 4.69) is 4.90 Å². The number of benzene rings is 2. The number of rotatable bonds is 5. The summed E-state index contributed by atoms with van der Waals surface area (Å²) < 4.78 is 32.5. The number of carbonyl (C=O) groups is 1. The molecule has 0 unspecified atom stereocenters. The molecular weight excluding hydrogens is 428 g/mol. The molecule has 9 heteroatoms. The van der Waals surface area contributed by atoms with Gasteiger partial charge in [0, 0.05) is 42.3 Å². The van der Waals surface area contributed by atoms with Crippen molar-refractivity contribution in [3.8, 4) is 0 Å². The molecule has 30 heavy (non-hydrogen) atoms. The Bertz CT molecular complexity index is 1210. The molecule has 4 rings (SSSR count). The average Bonchev–Trinajstić information content (AvgIpc) is 3.14. The van der Waals surface area contributed by atoms with Crippen LogP contribution in [0, 0.1) is 6.92 Å². The highest BCUT2D eigenvalue weighted by atomic mass is 35.5. The van der Waals surface area contributed by atoms with Gasteiger partial charge in [-0.3, -0.25) is 0 Å². The van der Waals surface area contributed by atoms with Crippen molar-refractivity contribution < 1.29 is 22.7 Å². The number of sulfonamides is 1. The SMILES string of the molecule is Cc1c(N2CCN(S(=O)(=O)Cc3cccc(Cl)c3)CC2)ccc2oc(C(=O)O)cc12. The molecule has 0 bridgehead atoms. The largest absolute Gasteiger partial charge is 0.475 e. The molecule has 2 heterocycles. The molecule has 0 atom stereocenters. The highest BCUT2D eigenvalue weighted by Gasteiger charge is 2.28. The fraction of sp³-hybridized carbons (Fsp3) is 0.286. The maximum absolute atomic E-state index is 12.8. The van der Waals surface area contributed by atoms with Crippen LogP contribution in [-0.2, 0) is 15.8 Å². The number of carboxylic acid groups (broad SMARTS) is 1. The van der Waals surface area contributed by atoms with Gasteiger partial charge < -0.3 is 14.4 Å². The number of hydrogen-bond donors (Lipinski definition) is 1. The predicted molar refractivity (Wildman–Crippen MR) is 116 cm³/mol. The van der Waals surface area contributed by atoms with Gasteiger partial charge in [-0.25, -0.2) is 13.2 Å². The lowest BCUT2D eigenvalue weighted by molar-refractivity contribution is 0.0665. The number of aryl methyl sites for hydroxylation is 1. The van der Waals surface area contributed by atoms with Gasteiger partial charge in [0.05, 0.1) is 5.75 Å². The van der Waals surface area contributed by atoms with Crippen LogP contribution in [0.4, 0.5) is 5.69 Å². The van der Waals surface area contributed by atoms with Crippen molar-refractivity contribution in [3.63, 3.8) is 0 Å². The Balaban J connectivity index is 1.49. The summed E-state index contributed by atoms with van der Waals surface area (Å²) in [5.74, 6) is -1.28. The van der Waals surface area contributed by atoms with Crippen LogP contribution in [0.1, 0.15) is 21.7 Å². The van der Waals surface area contributed by atoms with Gasteiger partial charge in [0.1, 0.15) is 5.58 Å². The van der Waals surface area contributed by atoms with E-state index in [0.717, 1.165) is 16.6 Å². The molecule has 1 aliphatic rings. The first kappa shape index (κ1) is 20.7. The number of furan rings is 1. The van der Waals surface area contributed by atoms with Gasteiger partial charge in [-0.05, 0) is 48.4 Å². The Morgan fingerprint density at radius 1 is 1.13 bits per heavy atom. The second-order valence-corrected chi connectivity index (χ2v) is 9.71. The van der Waals surface area contributed by atoms with E-state index in [-0.39, 0.29) is 11.5 Å². The number of nitrogens with zero attached hydrogens (tertiary/aromatic N) is 2. The van der Waals surface area contributed by atoms with Crippen molar-refractivity contribution in [1.82, 2.24) is 4.31 Å². The minimum absolute atomic E-state index is 0.0778. The number of fused-ring (bicyclic) bond motifs is 1. The number of carboxylic acids is 1. The van der Waals surface area contributed by atoms with Crippen LogP contribution in [0.3, 0.4) is 0 Å². The quantitative estimate of drug-likeness (QED) is 0.639. The summed E-state index contributed by atoms with van der Waals surface area (Å²) in [5.41, 5.74) is 3.06. The summed E-state index contributed by atoms with van der Waals surface area (Å²) in [6, 6.07) is 12.1. The summed E-state index contributed by atoms with van der Waals surface area (Å²) in [7, 11) is -3.44. The third-order valence-corrected chi connectivity index (χ3v) is 7.45. The van der Waals surface area contributed by atoms with Gasteiger partial charge in [-0.15, -0.1) is 0 Å². The molecule has 1 aliphatic heterocycles. The van der Waals surface area contributed by atoms with Gasteiger partial charge in [0.15, 0.2) is 0 Å². The lowest BCUT2D eigenvalue weighted by Gasteiger charge is -2.36. The molecule has 0 aliphatic carbocycles. The van der Waals surface area contributed by atoms with E-state index in [1.165, 1.54) is 10.4 Å². The molecule has 0 radical (unpaired) electrons. The van der Waals surface area contributed by atoms with E-state index in [0.29, 0.717) is 42.3 Å². The first-order chi connectivity index (χ1) is 14.2. The van der Waals surface area contributed by atoms with Gasteiger partial charge in [-0.2, -0.15) is 4.31 Å². The monoisotopic (exact) mass is 448 g/mol. The third kappa shape index (κ3) is 4.03. The van der Waals surface area contributed by atoms with Crippen LogP contribution in [0.15, 0.2) is 46.9 Å². The van der Waals surface area contributed by atoms with E-state index < -0.39 is 16.0 Å². The van der Waals surface area contributed by atoms with E-state index in [9.17, 15) is 13.2 Å². The van der Waals surface area contributed by atoms with Crippen molar-refractivity contribution in [2.45, 2.75) is 12.7 Å². The van der Waals surface area contributed by atoms with Crippen molar-refractivity contribution in [2.24, 2.45) is 0 Å². The molecule has 1 saturated heterocycles. The molecule has 0 saturated carbocycles. The Kier molecular flexibility index (Phi) is 5.48. The minimum Gasteiger partial charge on any atom is -0.475 e. The summed E-state index contributed by atoms with van der Waals surface area (Å²) in [5, 5.41) is 10.4. The lowest BCUT2D eigenvalue weighted by Crippen LogP contribution is -2.49. The zero-order chi connectivity index (χ0) is 21.5. The Morgan fingerprint density at radius 3 is 2.53 bits per heavy atom. The van der Waals surface area contributed by atoms with Crippen molar-refractivity contribution in [2.75, 3.05) is 31.1 Å². The highest BCUT2D eigenvalue weighted by Crippen LogP contribution is 2.31. The normalized spacial score (nSPS) is 15.6. The van der Waals surface area contributed by atoms with Crippen LogP contribution in [0.25, 0.3) is 11.0 Å². The molecular formula is C21H21ClN2O5S. The summed E-state index contributed by atoms with van der Waals surface area (Å²) in [6.45, 7) is 3.77. The van der Waals surface area contributed by atoms with Crippen LogP contribution in [0.5, 0.6) is 0 Å². The fourth-order valence-electron chi connectivity index (χ4n) is 3.82. The molecule has 0 amide bonds. The molecule has 3 aromatic rings. The van der Waals surface area contributed by atoms with Crippen molar-refractivity contribution in [1.29, 1.82) is 0 Å². The molecule has 2 aromatic carbocycles. The second-order valence-electron chi connectivity index (χ2n) is 7.31. The van der Waals surface area contributed by atoms with E-state index in [1.54, 1.807) is 30.3 Å². The first-order valence-electron chi connectivity index (χ1n) is 9.48. The molecule has 0 spiro atoms. The molecule has 1 aromatic heterocycles. The smallest absolute Gasteiger partial charge is 0.371 e. The number of piperazine rings is 1. The van der Waals surface area contributed by atoms with E-state index >= 15 is 0 Å². The predicted octanol–water partition coefficient (Wildman–Crippen LogP) is 3.74. The Hall–Kier alpha value is -2.55. The standard InChI is InChI=1S/C21H21ClN2O5S/c1-14-17-12-20(21(25)26)29-19(17)6-5-18(14)23-7-9-24(10-8-23)30(27,28)13-15-3-2-4-16(22)11-15/h2-6,11-12H,7-10,13H2,1H3,(H,25,26). The number of halogens is 1. The van der Waals surface area contributed by atoms with Crippen LogP contribution in [-0.4, -0.2) is 50.0 Å². The van der Waals surface area contributed by atoms with E-state index in [1.807, 2.05) is 13.0 Å². The summed E-state index contributed by atoms with van der Waals surface area (Å²) in [4.78, 5) is 13.3. The number of hydrogen-bond acceptors (Lipinski definition) is 5. The van der Waals surface area contributed by atoms with Crippen molar-refractivity contribution in [3.05, 3.63) is 64.4 Å². The topological polar surface area (TPSA) is 91.1 Å². The van der Waals surface area contributed by atoms with Gasteiger partial charge in [0.2, 0.25) is 15.8 Å². The molecule has 158 valence electrons. The summed E-state index contributed by atoms with van der Waals surface area (Å²) in [6.07, 6.45) is 0. The van der Waals surface area contributed by atoms with Crippen LogP contribution < -0.4 is 4.90 Å². The average molecular weight is 449 g/mol. The summed E-state index contributed by atoms with van der Waals surface area (Å²) >= 11 is 5.97. The van der Waals surface area contributed by atoms with Crippen LogP contribution >= 0.6 is 11.6 Å². The third-order valence-electron chi connectivity index (χ3n) is 5.36. The molecule has 1 fully saturated rings. The van der Waals surface area contributed by atoms with Gasteiger partial charge >= 0.3 is 5.97 Å². The van der Waals surface area contributed by atoms with Gasteiger partial charge in [0.25, 0.3) is 0 Å². The van der Waals surface area contributed by atoms with Gasteiger partial charge in [-0.1, -0.05) is 23.7 Å². The number of anilines is 1. The van der Waals surface area contributed by atoms with E-state index in [4.69, 9.17) is 21.1 Å². The first-order valence-corrected chi connectivity index (χ1v) is 11.5. The maximum Gasteiger partial charge on any atom is 0.371 e. The Morgan fingerprint density at radius 2 is 1.87 bits per heavy atom. The lowest BCUT2D eigenvalue weighted by atomic mass is 10.1. The zero-order valence-electron chi connectivity index (χ0n) is 16.3. The Labute approximate surface area is 179 Å². The van der Waals surface area contributed by atoms with Crippen molar-refractivity contribution >= 4 is 44.3 Å². The minimum atomic E-state index is -3.44. The van der Waals surface area contributed by atoms with Crippen LogP contribution in [0.2, 0.25) is 5.02 Å². The fourth-order valence-corrected chi connectivity index (χ4v) is 5.54. The molecule has 1 N–H and O–H groups in total. The maximum atomic E-state index is 12.8. The zero-order valence-corrected chi connectivity index (χ0v) is 17.9.